The fraction of sp³-hybridized carbons (Fsp3) is 0.417. The van der Waals surface area contributed by atoms with Crippen molar-refractivity contribution in [2.75, 3.05) is 0 Å². The summed E-state index contributed by atoms with van der Waals surface area (Å²) < 4.78 is 1.27. The van der Waals surface area contributed by atoms with Gasteiger partial charge in [0.05, 0.1) is 0 Å². The van der Waals surface area contributed by atoms with Gasteiger partial charge in [0.1, 0.15) is 5.78 Å². The summed E-state index contributed by atoms with van der Waals surface area (Å²) in [5.74, 6) is 0.608. The number of halogens is 1. The minimum absolute atomic E-state index is 0.186. The lowest BCUT2D eigenvalue weighted by atomic mass is 9.95. The van der Waals surface area contributed by atoms with Gasteiger partial charge in [0.2, 0.25) is 0 Å². The molecule has 1 unspecified atom stereocenters. The number of hydrogen-bond acceptors (Lipinski definition) is 1. The molecule has 74 valence electrons. The quantitative estimate of drug-likeness (QED) is 0.726. The van der Waals surface area contributed by atoms with E-state index >= 15 is 0 Å². The van der Waals surface area contributed by atoms with Crippen LogP contribution in [-0.2, 0) is 4.79 Å². The van der Waals surface area contributed by atoms with Crippen LogP contribution in [0.25, 0.3) is 0 Å². The van der Waals surface area contributed by atoms with Crippen molar-refractivity contribution in [3.63, 3.8) is 0 Å². The zero-order valence-electron chi connectivity index (χ0n) is 8.22. The van der Waals surface area contributed by atoms with Crippen molar-refractivity contribution in [2.45, 2.75) is 32.1 Å². The highest BCUT2D eigenvalue weighted by atomic mass is 127. The molecule has 0 aliphatic heterocycles. The minimum Gasteiger partial charge on any atom is -0.299 e. The van der Waals surface area contributed by atoms with Crippen LogP contribution in [0.15, 0.2) is 18.2 Å². The Labute approximate surface area is 98.0 Å². The Balaban J connectivity index is 2.32. The largest absolute Gasteiger partial charge is 0.299 e. The van der Waals surface area contributed by atoms with Crippen LogP contribution in [-0.4, -0.2) is 5.78 Å². The zero-order valence-corrected chi connectivity index (χ0v) is 10.4. The second-order valence-corrected chi connectivity index (χ2v) is 5.08. The number of ketones is 1. The van der Waals surface area contributed by atoms with Crippen molar-refractivity contribution in [2.24, 2.45) is 0 Å². The monoisotopic (exact) mass is 300 g/mol. The molecule has 0 saturated heterocycles. The molecule has 0 spiro atoms. The molecule has 1 aliphatic rings. The number of Topliss-reactive ketones (excluding diaryl/α,β-unsaturated/α-hetero) is 1. The summed E-state index contributed by atoms with van der Waals surface area (Å²) in [5, 5.41) is 0. The molecule has 2 heteroatoms. The van der Waals surface area contributed by atoms with Crippen LogP contribution in [0, 0.1) is 10.5 Å². The lowest BCUT2D eigenvalue weighted by Gasteiger charge is -2.09. The normalized spacial score (nSPS) is 21.6. The van der Waals surface area contributed by atoms with Crippen LogP contribution >= 0.6 is 22.6 Å². The maximum absolute atomic E-state index is 11.6. The Kier molecular flexibility index (Phi) is 2.91. The molecule has 0 radical (unpaired) electrons. The first-order valence-electron chi connectivity index (χ1n) is 4.97. The average Bonchev–Trinajstić information content (AvgIpc) is 2.57. The summed E-state index contributed by atoms with van der Waals surface area (Å²) in [6.45, 7) is 2.10. The fourth-order valence-corrected chi connectivity index (χ4v) is 2.39. The highest BCUT2D eigenvalue weighted by Crippen LogP contribution is 2.32. The predicted octanol–water partition coefficient (Wildman–Crippen LogP) is 3.44. The van der Waals surface area contributed by atoms with Gasteiger partial charge in [0.25, 0.3) is 0 Å². The number of carbonyl (C=O) groups is 1. The number of carbonyl (C=O) groups excluding carboxylic acids is 1. The second kappa shape index (κ2) is 4.01. The van der Waals surface area contributed by atoms with Gasteiger partial charge in [-0.25, -0.2) is 0 Å². The Bertz CT molecular complexity index is 371. The van der Waals surface area contributed by atoms with Crippen molar-refractivity contribution in [3.05, 3.63) is 32.9 Å². The van der Waals surface area contributed by atoms with E-state index in [1.54, 1.807) is 0 Å². The van der Waals surface area contributed by atoms with Gasteiger partial charge in [0.15, 0.2) is 0 Å². The lowest BCUT2D eigenvalue weighted by Crippen LogP contribution is -2.04. The summed E-state index contributed by atoms with van der Waals surface area (Å²) in [6, 6.07) is 6.37. The average molecular weight is 300 g/mol. The Hall–Kier alpha value is -0.380. The standard InChI is InChI=1S/C12H13IO/c1-8-7-9(5-6-11(8)13)10-3-2-4-12(10)14/h5-7,10H,2-4H2,1H3. The molecule has 14 heavy (non-hydrogen) atoms. The molecule has 0 bridgehead atoms. The van der Waals surface area contributed by atoms with E-state index in [1.807, 2.05) is 0 Å². The van der Waals surface area contributed by atoms with Crippen LogP contribution in [0.1, 0.15) is 36.3 Å². The Morgan fingerprint density at radius 3 is 2.79 bits per heavy atom. The molecule has 1 nitrogen and oxygen atoms in total. The molecule has 2 rings (SSSR count). The zero-order chi connectivity index (χ0) is 10.1. The molecule has 1 aromatic rings. The van der Waals surface area contributed by atoms with Gasteiger partial charge in [-0.3, -0.25) is 4.79 Å². The van der Waals surface area contributed by atoms with E-state index < -0.39 is 0 Å². The van der Waals surface area contributed by atoms with Crippen LogP contribution in [0.5, 0.6) is 0 Å². The first-order chi connectivity index (χ1) is 6.68. The van der Waals surface area contributed by atoms with Crippen molar-refractivity contribution in [3.8, 4) is 0 Å². The maximum Gasteiger partial charge on any atom is 0.140 e. The van der Waals surface area contributed by atoms with E-state index in [9.17, 15) is 4.79 Å². The second-order valence-electron chi connectivity index (χ2n) is 3.92. The van der Waals surface area contributed by atoms with Gasteiger partial charge in [-0.15, -0.1) is 0 Å². The van der Waals surface area contributed by atoms with E-state index in [-0.39, 0.29) is 5.92 Å². The summed E-state index contributed by atoms with van der Waals surface area (Å²) in [5.41, 5.74) is 2.49. The van der Waals surface area contributed by atoms with Gasteiger partial charge in [0, 0.05) is 15.9 Å². The van der Waals surface area contributed by atoms with E-state index in [2.05, 4.69) is 47.7 Å². The van der Waals surface area contributed by atoms with Gasteiger partial charge in [-0.05, 0) is 59.5 Å². The summed E-state index contributed by atoms with van der Waals surface area (Å²) in [4.78, 5) is 11.6. The highest BCUT2D eigenvalue weighted by Gasteiger charge is 2.25. The van der Waals surface area contributed by atoms with Crippen LogP contribution < -0.4 is 0 Å². The lowest BCUT2D eigenvalue weighted by molar-refractivity contribution is -0.118. The number of benzene rings is 1. The third kappa shape index (κ3) is 1.85. The van der Waals surface area contributed by atoms with Crippen LogP contribution in [0.3, 0.4) is 0 Å². The topological polar surface area (TPSA) is 17.1 Å². The molecule has 1 aromatic carbocycles. The minimum atomic E-state index is 0.186. The van der Waals surface area contributed by atoms with E-state index in [0.29, 0.717) is 5.78 Å². The van der Waals surface area contributed by atoms with Crippen molar-refractivity contribution in [1.82, 2.24) is 0 Å². The summed E-state index contributed by atoms with van der Waals surface area (Å²) in [7, 11) is 0. The predicted molar refractivity (Wildman–Crippen MR) is 65.5 cm³/mol. The molecule has 0 heterocycles. The Morgan fingerprint density at radius 1 is 1.43 bits per heavy atom. The number of rotatable bonds is 1. The third-order valence-electron chi connectivity index (χ3n) is 2.89. The maximum atomic E-state index is 11.6. The Morgan fingerprint density at radius 2 is 2.21 bits per heavy atom. The van der Waals surface area contributed by atoms with E-state index in [4.69, 9.17) is 0 Å². The number of hydrogen-bond donors (Lipinski definition) is 0. The first kappa shape index (κ1) is 10.1. The molecule has 0 aromatic heterocycles. The molecule has 0 N–H and O–H groups in total. The summed E-state index contributed by atoms with van der Waals surface area (Å²) in [6.07, 6.45) is 2.88. The molecule has 1 saturated carbocycles. The van der Waals surface area contributed by atoms with Crippen LogP contribution in [0.4, 0.5) is 0 Å². The first-order valence-corrected chi connectivity index (χ1v) is 6.05. The van der Waals surface area contributed by atoms with Gasteiger partial charge in [-0.1, -0.05) is 12.1 Å². The van der Waals surface area contributed by atoms with Crippen molar-refractivity contribution >= 4 is 28.4 Å². The molecular weight excluding hydrogens is 287 g/mol. The molecule has 1 aliphatic carbocycles. The SMILES string of the molecule is Cc1cc(C2CCCC2=O)ccc1I. The highest BCUT2D eigenvalue weighted by molar-refractivity contribution is 14.1. The molecule has 0 amide bonds. The van der Waals surface area contributed by atoms with Crippen LogP contribution in [0.2, 0.25) is 0 Å². The summed E-state index contributed by atoms with van der Waals surface area (Å²) >= 11 is 2.32. The van der Waals surface area contributed by atoms with E-state index in [1.165, 1.54) is 14.7 Å². The molecule has 1 fully saturated rings. The smallest absolute Gasteiger partial charge is 0.140 e. The number of aryl methyl sites for hydroxylation is 1. The fourth-order valence-electron chi connectivity index (χ4n) is 2.05. The molecular formula is C12H13IO. The van der Waals surface area contributed by atoms with E-state index in [0.717, 1.165) is 19.3 Å². The van der Waals surface area contributed by atoms with Crippen molar-refractivity contribution in [1.29, 1.82) is 0 Å². The van der Waals surface area contributed by atoms with Gasteiger partial charge in [-0.2, -0.15) is 0 Å². The van der Waals surface area contributed by atoms with Gasteiger partial charge < -0.3 is 0 Å². The third-order valence-corrected chi connectivity index (χ3v) is 4.10. The van der Waals surface area contributed by atoms with Gasteiger partial charge >= 0.3 is 0 Å². The molecule has 1 atom stereocenters. The van der Waals surface area contributed by atoms with Crippen molar-refractivity contribution < 1.29 is 4.79 Å².